The first kappa shape index (κ1) is 10.9. The van der Waals surface area contributed by atoms with E-state index in [9.17, 15) is 4.79 Å². The van der Waals surface area contributed by atoms with Crippen LogP contribution in [0.1, 0.15) is 31.2 Å². The minimum absolute atomic E-state index is 0.351. The van der Waals surface area contributed by atoms with E-state index in [0.29, 0.717) is 12.3 Å². The fourth-order valence-electron chi connectivity index (χ4n) is 2.33. The highest BCUT2D eigenvalue weighted by atomic mass is 16.1. The molecule has 2 heteroatoms. The number of nitrogens with zero attached hydrogens (tertiary/aromatic N) is 1. The maximum Gasteiger partial charge on any atom is 0.120 e. The Morgan fingerprint density at radius 1 is 1.38 bits per heavy atom. The van der Waals surface area contributed by atoms with Crippen LogP contribution in [0.2, 0.25) is 0 Å². The van der Waals surface area contributed by atoms with Gasteiger partial charge in [0.2, 0.25) is 0 Å². The minimum atomic E-state index is 0.351. The Hall–Kier alpha value is -1.57. The highest BCUT2D eigenvalue weighted by molar-refractivity contribution is 5.84. The number of aromatic nitrogens is 1. The van der Waals surface area contributed by atoms with Gasteiger partial charge in [0.05, 0.1) is 0 Å². The highest BCUT2D eigenvalue weighted by Gasteiger charge is 2.14. The summed E-state index contributed by atoms with van der Waals surface area (Å²) < 4.78 is 2.14. The number of carbonyl (C=O) groups is 1. The Bertz CT molecular complexity index is 498. The molecule has 2 nitrogen and oxygen atoms in total. The maximum atomic E-state index is 10.7. The molecule has 2 aromatic rings. The number of fused-ring (bicyclic) bond motifs is 1. The molecule has 2 rings (SSSR count). The third-order valence-corrected chi connectivity index (χ3v) is 3.24. The van der Waals surface area contributed by atoms with E-state index in [-0.39, 0.29) is 0 Å². The van der Waals surface area contributed by atoms with Crippen LogP contribution >= 0.6 is 0 Å². The van der Waals surface area contributed by atoms with Gasteiger partial charge in [0.25, 0.3) is 0 Å². The van der Waals surface area contributed by atoms with E-state index >= 15 is 0 Å². The van der Waals surface area contributed by atoms with Crippen LogP contribution in [0.25, 0.3) is 10.9 Å². The molecule has 0 bridgehead atoms. The van der Waals surface area contributed by atoms with Crippen LogP contribution in [-0.4, -0.2) is 10.9 Å². The lowest BCUT2D eigenvalue weighted by atomic mass is 9.93. The van der Waals surface area contributed by atoms with Crippen molar-refractivity contribution >= 4 is 17.2 Å². The normalized spacial score (nSPS) is 12.9. The monoisotopic (exact) mass is 215 g/mol. The highest BCUT2D eigenvalue weighted by Crippen LogP contribution is 2.30. The first-order valence-electron chi connectivity index (χ1n) is 5.75. The number of benzene rings is 1. The van der Waals surface area contributed by atoms with Crippen molar-refractivity contribution in [3.8, 4) is 0 Å². The van der Waals surface area contributed by atoms with Crippen molar-refractivity contribution in [2.75, 3.05) is 0 Å². The van der Waals surface area contributed by atoms with E-state index in [1.54, 1.807) is 0 Å². The minimum Gasteiger partial charge on any atom is -0.350 e. The molecule has 0 amide bonds. The zero-order valence-corrected chi connectivity index (χ0v) is 9.81. The van der Waals surface area contributed by atoms with Crippen LogP contribution in [-0.2, 0) is 11.8 Å². The van der Waals surface area contributed by atoms with Crippen molar-refractivity contribution in [3.05, 3.63) is 36.0 Å². The molecule has 0 aliphatic rings. The summed E-state index contributed by atoms with van der Waals surface area (Å²) >= 11 is 0. The zero-order valence-electron chi connectivity index (χ0n) is 9.81. The fraction of sp³-hybridized carbons (Fsp3) is 0.357. The summed E-state index contributed by atoms with van der Waals surface area (Å²) in [4.78, 5) is 10.7. The molecule has 84 valence electrons. The molecule has 1 aromatic heterocycles. The molecular formula is C14H17NO. The number of hydrogen-bond donors (Lipinski definition) is 0. The largest absolute Gasteiger partial charge is 0.350 e. The molecule has 0 radical (unpaired) electrons. The van der Waals surface area contributed by atoms with Gasteiger partial charge in [-0.2, -0.15) is 0 Å². The number of para-hydroxylation sites is 1. The first-order valence-corrected chi connectivity index (χ1v) is 5.75. The summed E-state index contributed by atoms with van der Waals surface area (Å²) in [7, 11) is 2.06. The number of rotatable bonds is 4. The van der Waals surface area contributed by atoms with Crippen LogP contribution in [0.4, 0.5) is 0 Å². The quantitative estimate of drug-likeness (QED) is 0.717. The van der Waals surface area contributed by atoms with E-state index in [4.69, 9.17) is 0 Å². The van der Waals surface area contributed by atoms with Crippen molar-refractivity contribution in [1.29, 1.82) is 0 Å². The van der Waals surface area contributed by atoms with Crippen molar-refractivity contribution in [1.82, 2.24) is 4.57 Å². The fourth-order valence-corrected chi connectivity index (χ4v) is 2.33. The Kier molecular flexibility index (Phi) is 3.09. The third kappa shape index (κ3) is 1.75. The van der Waals surface area contributed by atoms with Crippen LogP contribution in [0.15, 0.2) is 30.5 Å². The summed E-state index contributed by atoms with van der Waals surface area (Å²) in [5.74, 6) is 0.351. The Labute approximate surface area is 95.9 Å². The van der Waals surface area contributed by atoms with E-state index < -0.39 is 0 Å². The van der Waals surface area contributed by atoms with Gasteiger partial charge in [-0.15, -0.1) is 0 Å². The Morgan fingerprint density at radius 2 is 2.12 bits per heavy atom. The number of aryl methyl sites for hydroxylation is 1. The molecule has 0 aliphatic carbocycles. The summed E-state index contributed by atoms with van der Waals surface area (Å²) in [5.41, 5.74) is 2.54. The second kappa shape index (κ2) is 4.52. The van der Waals surface area contributed by atoms with E-state index in [1.165, 1.54) is 16.5 Å². The van der Waals surface area contributed by atoms with Crippen LogP contribution < -0.4 is 0 Å². The smallest absolute Gasteiger partial charge is 0.120 e. The summed E-state index contributed by atoms with van der Waals surface area (Å²) in [6, 6.07) is 8.36. The third-order valence-electron chi connectivity index (χ3n) is 3.24. The van der Waals surface area contributed by atoms with Gasteiger partial charge in [0, 0.05) is 30.6 Å². The lowest BCUT2D eigenvalue weighted by Crippen LogP contribution is -1.97. The maximum absolute atomic E-state index is 10.7. The molecule has 1 aromatic carbocycles. The molecule has 0 spiro atoms. The summed E-state index contributed by atoms with van der Waals surface area (Å²) in [6.07, 6.45) is 4.80. The topological polar surface area (TPSA) is 22.0 Å². The Balaban J connectivity index is 2.55. The zero-order chi connectivity index (χ0) is 11.5. The molecule has 0 fully saturated rings. The van der Waals surface area contributed by atoms with Crippen molar-refractivity contribution < 1.29 is 4.79 Å². The van der Waals surface area contributed by atoms with Crippen molar-refractivity contribution in [2.24, 2.45) is 7.05 Å². The lowest BCUT2D eigenvalue weighted by Gasteiger charge is -2.09. The SMILES string of the molecule is CC[C@H](CC=O)c1cn(C)c2ccccc12. The average molecular weight is 215 g/mol. The number of hydrogen-bond acceptors (Lipinski definition) is 1. The molecule has 0 saturated carbocycles. The number of carbonyl (C=O) groups excluding carboxylic acids is 1. The average Bonchev–Trinajstić information content (AvgIpc) is 2.65. The van der Waals surface area contributed by atoms with Gasteiger partial charge in [0.15, 0.2) is 0 Å². The Morgan fingerprint density at radius 3 is 2.81 bits per heavy atom. The second-order valence-corrected chi connectivity index (χ2v) is 4.22. The van der Waals surface area contributed by atoms with Gasteiger partial charge in [-0.05, 0) is 24.0 Å². The standard InChI is InChI=1S/C14H17NO/c1-3-11(8-9-16)13-10-15(2)14-7-5-4-6-12(13)14/h4-7,9-11H,3,8H2,1-2H3/t11-/m1/s1. The molecule has 1 atom stereocenters. The first-order chi connectivity index (χ1) is 7.77. The lowest BCUT2D eigenvalue weighted by molar-refractivity contribution is -0.108. The summed E-state index contributed by atoms with van der Waals surface area (Å²) in [5, 5.41) is 1.28. The van der Waals surface area contributed by atoms with Crippen LogP contribution in [0, 0.1) is 0 Å². The predicted octanol–water partition coefficient (Wildman–Crippen LogP) is 3.26. The van der Waals surface area contributed by atoms with Gasteiger partial charge in [-0.25, -0.2) is 0 Å². The molecule has 0 aliphatic heterocycles. The van der Waals surface area contributed by atoms with Crippen molar-refractivity contribution in [2.45, 2.75) is 25.7 Å². The molecule has 0 N–H and O–H groups in total. The van der Waals surface area contributed by atoms with Crippen LogP contribution in [0.3, 0.4) is 0 Å². The second-order valence-electron chi connectivity index (χ2n) is 4.22. The number of aldehydes is 1. The van der Waals surface area contributed by atoms with E-state index in [1.807, 2.05) is 6.07 Å². The molecule has 16 heavy (non-hydrogen) atoms. The van der Waals surface area contributed by atoms with Crippen molar-refractivity contribution in [3.63, 3.8) is 0 Å². The van der Waals surface area contributed by atoms with Gasteiger partial charge in [0.1, 0.15) is 6.29 Å². The molecule has 0 unspecified atom stereocenters. The summed E-state index contributed by atoms with van der Waals surface area (Å²) in [6.45, 7) is 2.13. The van der Waals surface area contributed by atoms with Gasteiger partial charge in [-0.1, -0.05) is 25.1 Å². The predicted molar refractivity (Wildman–Crippen MR) is 66.6 cm³/mol. The van der Waals surface area contributed by atoms with Gasteiger partial charge < -0.3 is 9.36 Å². The van der Waals surface area contributed by atoms with E-state index in [2.05, 4.69) is 42.9 Å². The van der Waals surface area contributed by atoms with Gasteiger partial charge in [-0.3, -0.25) is 0 Å². The molecule has 1 heterocycles. The van der Waals surface area contributed by atoms with E-state index in [0.717, 1.165) is 12.7 Å². The molecular weight excluding hydrogens is 198 g/mol. The molecule has 0 saturated heterocycles. The van der Waals surface area contributed by atoms with Crippen LogP contribution in [0.5, 0.6) is 0 Å². The van der Waals surface area contributed by atoms with Gasteiger partial charge >= 0.3 is 0 Å².